The fraction of sp³-hybridized carbons (Fsp3) is 0.368. The molecule has 0 aliphatic carbocycles. The lowest BCUT2D eigenvalue weighted by Gasteiger charge is -2.20. The van der Waals surface area contributed by atoms with E-state index in [2.05, 4.69) is 10.3 Å². The van der Waals surface area contributed by atoms with E-state index >= 15 is 0 Å². The zero-order valence-corrected chi connectivity index (χ0v) is 15.4. The molecule has 0 fully saturated rings. The van der Waals surface area contributed by atoms with Crippen molar-refractivity contribution < 1.29 is 4.79 Å². The van der Waals surface area contributed by atoms with Crippen LogP contribution in [0.5, 0.6) is 0 Å². The van der Waals surface area contributed by atoms with Crippen LogP contribution in [-0.4, -0.2) is 16.1 Å². The van der Waals surface area contributed by atoms with Crippen molar-refractivity contribution in [3.8, 4) is 0 Å². The molecule has 1 amide bonds. The van der Waals surface area contributed by atoms with E-state index in [1.807, 2.05) is 64.1 Å². The second-order valence-electron chi connectivity index (χ2n) is 6.26. The molecule has 0 unspecified atom stereocenters. The molecule has 0 saturated heterocycles. The summed E-state index contributed by atoms with van der Waals surface area (Å²) in [5.74, 6) is 0.144. The van der Waals surface area contributed by atoms with Crippen molar-refractivity contribution in [2.45, 2.75) is 44.4 Å². The maximum Gasteiger partial charge on any atom is 0.253 e. The number of nitrogens with one attached hydrogen (secondary N) is 2. The number of aryl methyl sites for hydroxylation is 2. The molecule has 24 heavy (non-hydrogen) atoms. The van der Waals surface area contributed by atoms with Gasteiger partial charge in [-0.3, -0.25) is 9.59 Å². The minimum Gasteiger partial charge on any atom is -0.351 e. The van der Waals surface area contributed by atoms with Crippen LogP contribution in [0.3, 0.4) is 0 Å². The molecule has 4 nitrogen and oxygen atoms in total. The summed E-state index contributed by atoms with van der Waals surface area (Å²) in [6, 6.07) is 11.8. The number of hydrogen-bond acceptors (Lipinski definition) is 3. The third-order valence-electron chi connectivity index (χ3n) is 3.80. The van der Waals surface area contributed by atoms with Gasteiger partial charge >= 0.3 is 0 Å². The van der Waals surface area contributed by atoms with Crippen LogP contribution < -0.4 is 10.9 Å². The third-order valence-corrected chi connectivity index (χ3v) is 5.36. The van der Waals surface area contributed by atoms with Gasteiger partial charge in [-0.1, -0.05) is 32.0 Å². The number of amides is 1. The van der Waals surface area contributed by atoms with Crippen LogP contribution >= 0.6 is 11.8 Å². The van der Waals surface area contributed by atoms with Crippen molar-refractivity contribution in [1.82, 2.24) is 10.3 Å². The molecule has 5 heteroatoms. The number of carbonyl (C=O) groups is 1. The minimum absolute atomic E-state index is 0.0433. The van der Waals surface area contributed by atoms with E-state index < -0.39 is 0 Å². The summed E-state index contributed by atoms with van der Waals surface area (Å²) >= 11 is 1.55. The first-order chi connectivity index (χ1) is 11.4. The SMILES string of the molecule is Cc1cc(C)c(CNC(=O)[C@H](Sc2ccccc2)C(C)C)c(=O)[nH]1. The minimum atomic E-state index is -0.197. The van der Waals surface area contributed by atoms with Gasteiger partial charge in [-0.15, -0.1) is 11.8 Å². The molecule has 1 atom stereocenters. The van der Waals surface area contributed by atoms with Gasteiger partial charge in [-0.2, -0.15) is 0 Å². The Bertz CT molecular complexity index is 754. The predicted molar refractivity (Wildman–Crippen MR) is 99.3 cm³/mol. The smallest absolute Gasteiger partial charge is 0.253 e. The van der Waals surface area contributed by atoms with E-state index in [1.54, 1.807) is 11.8 Å². The molecule has 0 radical (unpaired) electrons. The van der Waals surface area contributed by atoms with Crippen LogP contribution in [0.25, 0.3) is 0 Å². The van der Waals surface area contributed by atoms with E-state index in [4.69, 9.17) is 0 Å². The van der Waals surface area contributed by atoms with Gasteiger partial charge in [0.1, 0.15) is 0 Å². The Morgan fingerprint density at radius 3 is 2.46 bits per heavy atom. The first kappa shape index (κ1) is 18.3. The van der Waals surface area contributed by atoms with E-state index in [-0.39, 0.29) is 29.2 Å². The lowest BCUT2D eigenvalue weighted by atomic mass is 10.1. The standard InChI is InChI=1S/C19H24N2O2S/c1-12(2)17(24-15-8-6-5-7-9-15)19(23)20-11-16-13(3)10-14(4)21-18(16)22/h5-10,12,17H,11H2,1-4H3,(H,20,23)(H,21,22)/t17-/m1/s1. The molecule has 0 aliphatic heterocycles. The number of carbonyl (C=O) groups excluding carboxylic acids is 1. The topological polar surface area (TPSA) is 62.0 Å². The Morgan fingerprint density at radius 2 is 1.88 bits per heavy atom. The summed E-state index contributed by atoms with van der Waals surface area (Å²) in [5.41, 5.74) is 2.20. The molecule has 1 aromatic carbocycles. The predicted octanol–water partition coefficient (Wildman–Crippen LogP) is 3.42. The van der Waals surface area contributed by atoms with Crippen LogP contribution in [-0.2, 0) is 11.3 Å². The third kappa shape index (κ3) is 4.74. The number of H-pyrrole nitrogens is 1. The van der Waals surface area contributed by atoms with Crippen molar-refractivity contribution in [1.29, 1.82) is 0 Å². The van der Waals surface area contributed by atoms with Crippen molar-refractivity contribution in [3.05, 3.63) is 63.6 Å². The number of pyridine rings is 1. The lowest BCUT2D eigenvalue weighted by molar-refractivity contribution is -0.121. The van der Waals surface area contributed by atoms with E-state index in [9.17, 15) is 9.59 Å². The molecule has 0 saturated carbocycles. The van der Waals surface area contributed by atoms with Gasteiger partial charge < -0.3 is 10.3 Å². The number of thioether (sulfide) groups is 1. The van der Waals surface area contributed by atoms with Crippen LogP contribution in [0, 0.1) is 19.8 Å². The summed E-state index contributed by atoms with van der Waals surface area (Å²) < 4.78 is 0. The van der Waals surface area contributed by atoms with Crippen LogP contribution in [0.2, 0.25) is 0 Å². The Labute approximate surface area is 147 Å². The lowest BCUT2D eigenvalue weighted by Crippen LogP contribution is -2.37. The molecule has 128 valence electrons. The first-order valence-corrected chi connectivity index (χ1v) is 8.95. The van der Waals surface area contributed by atoms with Gasteiger partial charge in [0.05, 0.1) is 5.25 Å². The maximum atomic E-state index is 12.6. The molecule has 1 aromatic heterocycles. The fourth-order valence-corrected chi connectivity index (χ4v) is 3.59. The molecule has 0 aliphatic rings. The van der Waals surface area contributed by atoms with Crippen LogP contribution in [0.1, 0.15) is 30.7 Å². The molecule has 0 spiro atoms. The molecular formula is C19H24N2O2S. The zero-order valence-electron chi connectivity index (χ0n) is 14.6. The fourth-order valence-electron chi connectivity index (χ4n) is 2.52. The second kappa shape index (κ2) is 8.20. The molecule has 2 aromatic rings. The molecule has 2 rings (SSSR count). The number of aromatic amines is 1. The highest BCUT2D eigenvalue weighted by molar-refractivity contribution is 8.00. The van der Waals surface area contributed by atoms with Gasteiger partial charge in [0.2, 0.25) is 5.91 Å². The first-order valence-electron chi connectivity index (χ1n) is 8.07. The van der Waals surface area contributed by atoms with Gasteiger partial charge in [-0.05, 0) is 43.5 Å². The number of hydrogen-bond donors (Lipinski definition) is 2. The molecular weight excluding hydrogens is 320 g/mol. The molecule has 0 bridgehead atoms. The second-order valence-corrected chi connectivity index (χ2v) is 7.47. The van der Waals surface area contributed by atoms with Crippen LogP contribution in [0.15, 0.2) is 46.1 Å². The largest absolute Gasteiger partial charge is 0.351 e. The van der Waals surface area contributed by atoms with Crippen LogP contribution in [0.4, 0.5) is 0 Å². The van der Waals surface area contributed by atoms with Gasteiger partial charge in [0.15, 0.2) is 0 Å². The van der Waals surface area contributed by atoms with Gasteiger partial charge in [0, 0.05) is 22.7 Å². The van der Waals surface area contributed by atoms with Crippen molar-refractivity contribution in [3.63, 3.8) is 0 Å². The summed E-state index contributed by atoms with van der Waals surface area (Å²) in [6.45, 7) is 8.05. The Balaban J connectivity index is 2.08. The van der Waals surface area contributed by atoms with Gasteiger partial charge in [-0.25, -0.2) is 0 Å². The summed E-state index contributed by atoms with van der Waals surface area (Å²) in [7, 11) is 0. The zero-order chi connectivity index (χ0) is 17.7. The van der Waals surface area contributed by atoms with E-state index in [0.29, 0.717) is 5.56 Å². The van der Waals surface area contributed by atoms with Crippen molar-refractivity contribution in [2.24, 2.45) is 5.92 Å². The quantitative estimate of drug-likeness (QED) is 0.789. The normalized spacial score (nSPS) is 12.2. The highest BCUT2D eigenvalue weighted by atomic mass is 32.2. The summed E-state index contributed by atoms with van der Waals surface area (Å²) in [6.07, 6.45) is 0. The number of benzene rings is 1. The summed E-state index contributed by atoms with van der Waals surface area (Å²) in [4.78, 5) is 28.5. The molecule has 1 heterocycles. The van der Waals surface area contributed by atoms with E-state index in [1.165, 1.54) is 0 Å². The maximum absolute atomic E-state index is 12.6. The van der Waals surface area contributed by atoms with Crippen molar-refractivity contribution >= 4 is 17.7 Å². The monoisotopic (exact) mass is 344 g/mol. The van der Waals surface area contributed by atoms with Gasteiger partial charge in [0.25, 0.3) is 5.56 Å². The molecule has 2 N–H and O–H groups in total. The highest BCUT2D eigenvalue weighted by Crippen LogP contribution is 2.28. The van der Waals surface area contributed by atoms with E-state index in [0.717, 1.165) is 16.2 Å². The average molecular weight is 344 g/mol. The Kier molecular flexibility index (Phi) is 6.26. The number of rotatable bonds is 6. The average Bonchev–Trinajstić information content (AvgIpc) is 2.52. The summed E-state index contributed by atoms with van der Waals surface area (Å²) in [5, 5.41) is 2.72. The highest BCUT2D eigenvalue weighted by Gasteiger charge is 2.23. The number of aromatic nitrogens is 1. The van der Waals surface area contributed by atoms with Crippen molar-refractivity contribution in [2.75, 3.05) is 0 Å². The Morgan fingerprint density at radius 1 is 1.21 bits per heavy atom. The Hall–Kier alpha value is -2.01.